The van der Waals surface area contributed by atoms with Gasteiger partial charge in [-0.15, -0.1) is 0 Å². The highest BCUT2D eigenvalue weighted by atomic mass is 16.5. The van der Waals surface area contributed by atoms with E-state index in [2.05, 4.69) is 6.92 Å². The summed E-state index contributed by atoms with van der Waals surface area (Å²) in [6.45, 7) is 2.35. The van der Waals surface area contributed by atoms with Crippen LogP contribution in [0.2, 0.25) is 0 Å². The molecule has 4 aliphatic carbocycles. The van der Waals surface area contributed by atoms with Crippen LogP contribution in [0.25, 0.3) is 0 Å². The zero-order valence-corrected chi connectivity index (χ0v) is 9.46. The zero-order valence-electron chi connectivity index (χ0n) is 9.46. The van der Waals surface area contributed by atoms with Gasteiger partial charge in [0.2, 0.25) is 0 Å². The largest absolute Gasteiger partial charge is 0.378 e. The van der Waals surface area contributed by atoms with E-state index in [9.17, 15) is 0 Å². The molecule has 4 bridgehead atoms. The van der Waals surface area contributed by atoms with Crippen molar-refractivity contribution in [3.05, 3.63) is 0 Å². The number of rotatable bonds is 2. The lowest BCUT2D eigenvalue weighted by Crippen LogP contribution is -2.57. The number of ether oxygens (including phenoxy) is 1. The molecule has 4 rings (SSSR count). The van der Waals surface area contributed by atoms with E-state index < -0.39 is 0 Å². The number of methoxy groups -OCH3 is 1. The SMILES string of the molecule is CCC1C2CC3CC(C2)CC1(OC)C3. The van der Waals surface area contributed by atoms with Crippen LogP contribution in [0.1, 0.15) is 45.4 Å². The molecule has 1 nitrogen and oxygen atoms in total. The third-order valence-corrected chi connectivity index (χ3v) is 5.30. The second kappa shape index (κ2) is 2.98. The van der Waals surface area contributed by atoms with Crippen LogP contribution in [0.15, 0.2) is 0 Å². The highest BCUT2D eigenvalue weighted by Crippen LogP contribution is 2.60. The third-order valence-electron chi connectivity index (χ3n) is 5.30. The lowest BCUT2D eigenvalue weighted by Gasteiger charge is -2.60. The van der Waals surface area contributed by atoms with E-state index in [1.54, 1.807) is 0 Å². The first-order valence-corrected chi connectivity index (χ1v) is 6.32. The van der Waals surface area contributed by atoms with Crippen LogP contribution >= 0.6 is 0 Å². The van der Waals surface area contributed by atoms with Crippen LogP contribution in [0, 0.1) is 23.7 Å². The standard InChI is InChI=1S/C13H22O/c1-3-12-11-5-9-4-10(6-11)8-13(12,7-9)14-2/h9-12H,3-8H2,1-2H3. The molecular weight excluding hydrogens is 172 g/mol. The van der Waals surface area contributed by atoms with E-state index >= 15 is 0 Å². The van der Waals surface area contributed by atoms with Crippen molar-refractivity contribution >= 4 is 0 Å². The van der Waals surface area contributed by atoms with E-state index in [4.69, 9.17) is 4.74 Å². The Balaban J connectivity index is 1.94. The summed E-state index contributed by atoms with van der Waals surface area (Å²) in [6, 6.07) is 0. The van der Waals surface area contributed by atoms with Gasteiger partial charge < -0.3 is 4.74 Å². The van der Waals surface area contributed by atoms with Gasteiger partial charge in [-0.3, -0.25) is 0 Å². The van der Waals surface area contributed by atoms with Gasteiger partial charge in [-0.2, -0.15) is 0 Å². The maximum absolute atomic E-state index is 5.95. The minimum atomic E-state index is 0.309. The zero-order chi connectivity index (χ0) is 9.76. The molecule has 4 saturated carbocycles. The highest BCUT2D eigenvalue weighted by Gasteiger charge is 2.56. The van der Waals surface area contributed by atoms with Crippen LogP contribution in [-0.4, -0.2) is 12.7 Å². The molecule has 0 aliphatic heterocycles. The Morgan fingerprint density at radius 2 is 1.79 bits per heavy atom. The van der Waals surface area contributed by atoms with Gasteiger partial charge in [0.25, 0.3) is 0 Å². The van der Waals surface area contributed by atoms with E-state index in [1.165, 1.54) is 38.5 Å². The molecule has 0 spiro atoms. The predicted octanol–water partition coefficient (Wildman–Crippen LogP) is 3.24. The second-order valence-corrected chi connectivity index (χ2v) is 5.89. The monoisotopic (exact) mass is 194 g/mol. The Morgan fingerprint density at radius 3 is 2.29 bits per heavy atom. The molecule has 4 fully saturated rings. The molecule has 4 aliphatic rings. The van der Waals surface area contributed by atoms with Crippen molar-refractivity contribution in [2.75, 3.05) is 7.11 Å². The minimum absolute atomic E-state index is 0.309. The first-order chi connectivity index (χ1) is 6.77. The summed E-state index contributed by atoms with van der Waals surface area (Å²) in [7, 11) is 1.95. The maximum Gasteiger partial charge on any atom is 0.0714 e. The van der Waals surface area contributed by atoms with Crippen LogP contribution in [0.5, 0.6) is 0 Å². The molecule has 0 heterocycles. The van der Waals surface area contributed by atoms with Crippen molar-refractivity contribution in [1.82, 2.24) is 0 Å². The Labute approximate surface area is 87.2 Å². The molecule has 14 heavy (non-hydrogen) atoms. The fourth-order valence-corrected chi connectivity index (χ4v) is 5.09. The first-order valence-electron chi connectivity index (χ1n) is 6.32. The predicted molar refractivity (Wildman–Crippen MR) is 57.1 cm³/mol. The maximum atomic E-state index is 5.95. The van der Waals surface area contributed by atoms with E-state index in [0.29, 0.717) is 5.60 Å². The smallest absolute Gasteiger partial charge is 0.0714 e. The van der Waals surface area contributed by atoms with Crippen LogP contribution < -0.4 is 0 Å². The first kappa shape index (κ1) is 9.21. The Morgan fingerprint density at radius 1 is 1.14 bits per heavy atom. The van der Waals surface area contributed by atoms with E-state index in [1.807, 2.05) is 7.11 Å². The average molecular weight is 194 g/mol. The Kier molecular flexibility index (Phi) is 1.96. The van der Waals surface area contributed by atoms with Gasteiger partial charge in [0.05, 0.1) is 5.60 Å². The number of hydrogen-bond donors (Lipinski definition) is 0. The van der Waals surface area contributed by atoms with Gasteiger partial charge in [-0.25, -0.2) is 0 Å². The van der Waals surface area contributed by atoms with E-state index in [-0.39, 0.29) is 0 Å². The lowest BCUT2D eigenvalue weighted by molar-refractivity contribution is -0.189. The second-order valence-electron chi connectivity index (χ2n) is 5.89. The van der Waals surface area contributed by atoms with Gasteiger partial charge in [-0.05, 0) is 55.8 Å². The summed E-state index contributed by atoms with van der Waals surface area (Å²) in [4.78, 5) is 0. The number of hydrogen-bond acceptors (Lipinski definition) is 1. The molecule has 0 amide bonds. The van der Waals surface area contributed by atoms with Crippen molar-refractivity contribution in [2.45, 2.75) is 51.0 Å². The molecule has 0 aromatic rings. The molecule has 1 heteroatoms. The van der Waals surface area contributed by atoms with Crippen molar-refractivity contribution in [3.8, 4) is 0 Å². The van der Waals surface area contributed by atoms with E-state index in [0.717, 1.165) is 23.7 Å². The van der Waals surface area contributed by atoms with Crippen molar-refractivity contribution < 1.29 is 4.74 Å². The Bertz CT molecular complexity index is 221. The summed E-state index contributed by atoms with van der Waals surface area (Å²) >= 11 is 0. The Hall–Kier alpha value is -0.0400. The fraction of sp³-hybridized carbons (Fsp3) is 1.00. The molecule has 0 N–H and O–H groups in total. The molecule has 80 valence electrons. The van der Waals surface area contributed by atoms with Crippen LogP contribution in [0.3, 0.4) is 0 Å². The molecule has 3 atom stereocenters. The van der Waals surface area contributed by atoms with Gasteiger partial charge in [0, 0.05) is 7.11 Å². The quantitative estimate of drug-likeness (QED) is 0.655. The molecular formula is C13H22O. The summed E-state index contributed by atoms with van der Waals surface area (Å²) in [5, 5.41) is 0. The third kappa shape index (κ3) is 1.05. The molecule has 0 radical (unpaired) electrons. The molecule has 3 unspecified atom stereocenters. The molecule has 0 aromatic carbocycles. The average Bonchev–Trinajstić information content (AvgIpc) is 2.16. The molecule has 0 aromatic heterocycles. The van der Waals surface area contributed by atoms with Gasteiger partial charge in [0.15, 0.2) is 0 Å². The van der Waals surface area contributed by atoms with Gasteiger partial charge >= 0.3 is 0 Å². The summed E-state index contributed by atoms with van der Waals surface area (Å²) in [6.07, 6.45) is 8.61. The van der Waals surface area contributed by atoms with Gasteiger partial charge in [0.1, 0.15) is 0 Å². The summed E-state index contributed by atoms with van der Waals surface area (Å²) in [5.74, 6) is 3.90. The lowest BCUT2D eigenvalue weighted by atomic mass is 9.49. The topological polar surface area (TPSA) is 9.23 Å². The van der Waals surface area contributed by atoms with Crippen molar-refractivity contribution in [3.63, 3.8) is 0 Å². The highest BCUT2D eigenvalue weighted by molar-refractivity contribution is 5.07. The minimum Gasteiger partial charge on any atom is -0.378 e. The van der Waals surface area contributed by atoms with Crippen molar-refractivity contribution in [2.24, 2.45) is 23.7 Å². The van der Waals surface area contributed by atoms with Crippen LogP contribution in [0.4, 0.5) is 0 Å². The van der Waals surface area contributed by atoms with Crippen LogP contribution in [-0.2, 0) is 4.74 Å². The summed E-state index contributed by atoms with van der Waals surface area (Å²) < 4.78 is 5.95. The fourth-order valence-electron chi connectivity index (χ4n) is 5.09. The van der Waals surface area contributed by atoms with Gasteiger partial charge in [-0.1, -0.05) is 13.3 Å². The summed E-state index contributed by atoms with van der Waals surface area (Å²) in [5.41, 5.74) is 0.309. The normalized spacial score (nSPS) is 55.3. The van der Waals surface area contributed by atoms with Crippen molar-refractivity contribution in [1.29, 1.82) is 0 Å². The molecule has 0 saturated heterocycles.